The molecular weight excluding hydrogens is 220 g/mol. The number of fused-ring (bicyclic) bond motifs is 2. The fourth-order valence-electron chi connectivity index (χ4n) is 3.05. The second-order valence-electron chi connectivity index (χ2n) is 6.62. The molecule has 98 valence electrons. The highest BCUT2D eigenvalue weighted by Crippen LogP contribution is 2.52. The van der Waals surface area contributed by atoms with Crippen LogP contribution in [-0.4, -0.2) is 46.9 Å². The minimum absolute atomic E-state index is 0.0933. The average Bonchev–Trinajstić information content (AvgIpc) is 2.12. The van der Waals surface area contributed by atoms with Gasteiger partial charge in [-0.1, -0.05) is 0 Å². The zero-order chi connectivity index (χ0) is 12.9. The van der Waals surface area contributed by atoms with Crippen molar-refractivity contribution in [3.8, 4) is 0 Å². The van der Waals surface area contributed by atoms with Gasteiger partial charge in [0, 0.05) is 12.0 Å². The lowest BCUT2D eigenvalue weighted by Crippen LogP contribution is -2.70. The van der Waals surface area contributed by atoms with E-state index in [0.717, 1.165) is 0 Å². The molecule has 1 aliphatic carbocycles. The summed E-state index contributed by atoms with van der Waals surface area (Å²) >= 11 is 0. The lowest BCUT2D eigenvalue weighted by molar-refractivity contribution is -0.183. The molecule has 3 N–H and O–H groups in total. The molecule has 1 amide bonds. The number of carbonyl (C=O) groups is 1. The Morgan fingerprint density at radius 2 is 2.00 bits per heavy atom. The van der Waals surface area contributed by atoms with Crippen LogP contribution < -0.4 is 5.73 Å². The van der Waals surface area contributed by atoms with Crippen molar-refractivity contribution in [2.45, 2.75) is 44.8 Å². The fourth-order valence-corrected chi connectivity index (χ4v) is 3.05. The molecule has 0 radical (unpaired) electrons. The molecule has 2 saturated heterocycles. The van der Waals surface area contributed by atoms with E-state index < -0.39 is 11.2 Å². The Morgan fingerprint density at radius 1 is 1.41 bits per heavy atom. The summed E-state index contributed by atoms with van der Waals surface area (Å²) in [6, 6.07) is 0. The first-order valence-electron chi connectivity index (χ1n) is 6.08. The minimum Gasteiger partial charge on any atom is -0.444 e. The summed E-state index contributed by atoms with van der Waals surface area (Å²) in [4.78, 5) is 13.5. The van der Waals surface area contributed by atoms with Gasteiger partial charge in [-0.2, -0.15) is 0 Å². The Bertz CT molecular complexity index is 329. The standard InChI is InChI=1S/C12H22N2O3/c1-10(2,3)17-9(15)14-7-11(6-13)4-12(16,5-11)8-14/h16H,4-8,13H2,1-3H3. The van der Waals surface area contributed by atoms with Gasteiger partial charge in [-0.15, -0.1) is 0 Å². The summed E-state index contributed by atoms with van der Waals surface area (Å²) in [5.41, 5.74) is 4.40. The van der Waals surface area contributed by atoms with Crippen LogP contribution in [0.15, 0.2) is 0 Å². The van der Waals surface area contributed by atoms with Crippen molar-refractivity contribution in [3.63, 3.8) is 0 Å². The molecule has 3 rings (SSSR count). The molecule has 17 heavy (non-hydrogen) atoms. The highest BCUT2D eigenvalue weighted by atomic mass is 16.6. The first kappa shape index (κ1) is 12.6. The molecule has 0 aromatic heterocycles. The second-order valence-corrected chi connectivity index (χ2v) is 6.62. The predicted octanol–water partition coefficient (Wildman–Crippen LogP) is 0.707. The van der Waals surface area contributed by atoms with Crippen LogP contribution in [0.5, 0.6) is 0 Å². The molecule has 3 aliphatic rings. The lowest BCUT2D eigenvalue weighted by atomic mass is 9.56. The molecule has 2 bridgehead atoms. The largest absolute Gasteiger partial charge is 0.444 e. The summed E-state index contributed by atoms with van der Waals surface area (Å²) < 4.78 is 5.32. The van der Waals surface area contributed by atoms with Gasteiger partial charge in [0.05, 0.1) is 12.1 Å². The Morgan fingerprint density at radius 3 is 2.47 bits per heavy atom. The minimum atomic E-state index is -0.742. The van der Waals surface area contributed by atoms with E-state index in [1.54, 1.807) is 4.90 Å². The van der Waals surface area contributed by atoms with E-state index in [4.69, 9.17) is 10.5 Å². The highest BCUT2D eigenvalue weighted by molar-refractivity contribution is 5.69. The predicted molar refractivity (Wildman–Crippen MR) is 63.5 cm³/mol. The molecular formula is C12H22N2O3. The fraction of sp³-hybridized carbons (Fsp3) is 0.917. The molecule has 0 aromatic carbocycles. The summed E-state index contributed by atoms with van der Waals surface area (Å²) in [6.07, 6.45) is 1.05. The number of amides is 1. The van der Waals surface area contributed by atoms with Crippen LogP contribution in [0.25, 0.3) is 0 Å². The highest BCUT2D eigenvalue weighted by Gasteiger charge is 2.59. The molecule has 2 heterocycles. The number of ether oxygens (including phenoxy) is 1. The van der Waals surface area contributed by atoms with Crippen molar-refractivity contribution in [2.24, 2.45) is 11.1 Å². The van der Waals surface area contributed by atoms with Crippen LogP contribution in [0.1, 0.15) is 33.6 Å². The third-order valence-electron chi connectivity index (χ3n) is 3.50. The van der Waals surface area contributed by atoms with Crippen LogP contribution in [0.2, 0.25) is 0 Å². The maximum absolute atomic E-state index is 11.9. The zero-order valence-electron chi connectivity index (χ0n) is 10.8. The van der Waals surface area contributed by atoms with Crippen molar-refractivity contribution in [1.82, 2.24) is 4.90 Å². The number of hydrogen-bond donors (Lipinski definition) is 2. The Hall–Kier alpha value is -0.810. The van der Waals surface area contributed by atoms with Crippen LogP contribution in [0.4, 0.5) is 4.79 Å². The van der Waals surface area contributed by atoms with Gasteiger partial charge in [-0.25, -0.2) is 4.79 Å². The van der Waals surface area contributed by atoms with E-state index in [-0.39, 0.29) is 11.5 Å². The smallest absolute Gasteiger partial charge is 0.410 e. The van der Waals surface area contributed by atoms with E-state index in [2.05, 4.69) is 0 Å². The quantitative estimate of drug-likeness (QED) is 0.710. The van der Waals surface area contributed by atoms with Gasteiger partial charge >= 0.3 is 6.09 Å². The Kier molecular flexibility index (Phi) is 2.67. The van der Waals surface area contributed by atoms with Gasteiger partial charge in [0.1, 0.15) is 5.60 Å². The van der Waals surface area contributed by atoms with E-state index in [1.807, 2.05) is 20.8 Å². The molecule has 3 fully saturated rings. The topological polar surface area (TPSA) is 75.8 Å². The van der Waals surface area contributed by atoms with Gasteiger partial charge in [0.25, 0.3) is 0 Å². The number of aliphatic hydroxyl groups is 1. The second kappa shape index (κ2) is 3.59. The average molecular weight is 242 g/mol. The van der Waals surface area contributed by atoms with Crippen LogP contribution in [-0.2, 0) is 4.74 Å². The molecule has 2 aliphatic heterocycles. The van der Waals surface area contributed by atoms with E-state index in [0.29, 0.717) is 32.5 Å². The molecule has 1 saturated carbocycles. The van der Waals surface area contributed by atoms with Crippen molar-refractivity contribution in [3.05, 3.63) is 0 Å². The van der Waals surface area contributed by atoms with E-state index in [1.165, 1.54) is 0 Å². The SMILES string of the molecule is CC(C)(C)OC(=O)N1CC2(O)CC(CN)(C1)C2. The third kappa shape index (κ3) is 2.40. The molecule has 5 heteroatoms. The van der Waals surface area contributed by atoms with Crippen molar-refractivity contribution < 1.29 is 14.6 Å². The third-order valence-corrected chi connectivity index (χ3v) is 3.50. The molecule has 0 spiro atoms. The van der Waals surface area contributed by atoms with E-state index in [9.17, 15) is 9.90 Å². The number of nitrogens with zero attached hydrogens (tertiary/aromatic N) is 1. The van der Waals surface area contributed by atoms with Crippen LogP contribution in [0.3, 0.4) is 0 Å². The Balaban J connectivity index is 2.02. The van der Waals surface area contributed by atoms with Gasteiger partial charge in [0.15, 0.2) is 0 Å². The van der Waals surface area contributed by atoms with Crippen LogP contribution >= 0.6 is 0 Å². The summed E-state index contributed by atoms with van der Waals surface area (Å²) in [5, 5.41) is 10.1. The maximum Gasteiger partial charge on any atom is 0.410 e. The molecule has 0 aromatic rings. The summed E-state index contributed by atoms with van der Waals surface area (Å²) in [7, 11) is 0. The normalized spacial score (nSPS) is 36.4. The summed E-state index contributed by atoms with van der Waals surface area (Å²) in [6.45, 7) is 6.98. The van der Waals surface area contributed by atoms with Gasteiger partial charge < -0.3 is 20.5 Å². The molecule has 0 atom stereocenters. The first-order chi connectivity index (χ1) is 7.67. The zero-order valence-corrected chi connectivity index (χ0v) is 10.8. The van der Waals surface area contributed by atoms with Crippen molar-refractivity contribution in [2.75, 3.05) is 19.6 Å². The molecule has 5 nitrogen and oxygen atoms in total. The number of nitrogens with two attached hydrogens (primary N) is 1. The van der Waals surface area contributed by atoms with Gasteiger partial charge in [0.2, 0.25) is 0 Å². The monoisotopic (exact) mass is 242 g/mol. The Labute approximate surface area is 102 Å². The van der Waals surface area contributed by atoms with Gasteiger partial charge in [-0.05, 0) is 40.2 Å². The lowest BCUT2D eigenvalue weighted by Gasteiger charge is -2.60. The maximum atomic E-state index is 11.9. The number of rotatable bonds is 1. The van der Waals surface area contributed by atoms with E-state index >= 15 is 0 Å². The first-order valence-corrected chi connectivity index (χ1v) is 6.08. The number of piperidine rings is 2. The summed E-state index contributed by atoms with van der Waals surface area (Å²) in [5.74, 6) is 0. The van der Waals surface area contributed by atoms with Crippen molar-refractivity contribution >= 4 is 6.09 Å². The van der Waals surface area contributed by atoms with Crippen molar-refractivity contribution in [1.29, 1.82) is 0 Å². The molecule has 0 unspecified atom stereocenters. The number of hydrogen-bond acceptors (Lipinski definition) is 4. The van der Waals surface area contributed by atoms with Crippen LogP contribution in [0, 0.1) is 5.41 Å². The number of carbonyl (C=O) groups excluding carboxylic acids is 1. The van der Waals surface area contributed by atoms with Gasteiger partial charge in [-0.3, -0.25) is 0 Å².